The van der Waals surface area contributed by atoms with Gasteiger partial charge in [0.25, 0.3) is 5.89 Å². The molecular weight excluding hydrogens is 282 g/mol. The van der Waals surface area contributed by atoms with E-state index in [4.69, 9.17) is 21.9 Å². The van der Waals surface area contributed by atoms with Crippen molar-refractivity contribution in [2.75, 3.05) is 5.73 Å². The molecule has 0 bridgehead atoms. The molecule has 0 amide bonds. The predicted molar refractivity (Wildman–Crippen MR) is 80.2 cm³/mol. The molecule has 0 aliphatic heterocycles. The van der Waals surface area contributed by atoms with E-state index >= 15 is 0 Å². The van der Waals surface area contributed by atoms with Gasteiger partial charge in [0.15, 0.2) is 5.82 Å². The van der Waals surface area contributed by atoms with Gasteiger partial charge in [-0.3, -0.25) is 0 Å². The maximum absolute atomic E-state index is 6.10. The summed E-state index contributed by atoms with van der Waals surface area (Å²) in [5, 5.41) is 5.10. The van der Waals surface area contributed by atoms with Crippen LogP contribution in [0.4, 0.5) is 5.69 Å². The van der Waals surface area contributed by atoms with Gasteiger partial charge in [0.2, 0.25) is 0 Å². The van der Waals surface area contributed by atoms with Gasteiger partial charge >= 0.3 is 0 Å². The molecule has 1 atom stereocenters. The standard InChI is InChI=1S/C13H16ClN3OS/c1-3-8(2)19-7-12-16-13(18-17-12)10-6-9(15)4-5-11(10)14/h4-6,8H,3,7,15H2,1-2H3. The maximum Gasteiger partial charge on any atom is 0.259 e. The van der Waals surface area contributed by atoms with Crippen LogP contribution in [0, 0.1) is 0 Å². The Hall–Kier alpha value is -1.20. The van der Waals surface area contributed by atoms with Crippen LogP contribution in [-0.2, 0) is 5.75 Å². The molecule has 2 rings (SSSR count). The number of rotatable bonds is 5. The van der Waals surface area contributed by atoms with Gasteiger partial charge in [0.05, 0.1) is 16.3 Å². The minimum Gasteiger partial charge on any atom is -0.399 e. The lowest BCUT2D eigenvalue weighted by Gasteiger charge is -2.04. The third kappa shape index (κ3) is 3.64. The zero-order valence-corrected chi connectivity index (χ0v) is 12.5. The van der Waals surface area contributed by atoms with Crippen LogP contribution in [0.15, 0.2) is 22.7 Å². The van der Waals surface area contributed by atoms with Crippen molar-refractivity contribution in [3.8, 4) is 11.5 Å². The highest BCUT2D eigenvalue weighted by atomic mass is 35.5. The van der Waals surface area contributed by atoms with E-state index in [1.165, 1.54) is 0 Å². The maximum atomic E-state index is 6.10. The molecule has 0 fully saturated rings. The third-order valence-electron chi connectivity index (χ3n) is 2.76. The molecule has 0 saturated heterocycles. The topological polar surface area (TPSA) is 64.9 Å². The van der Waals surface area contributed by atoms with Gasteiger partial charge < -0.3 is 10.3 Å². The SMILES string of the molecule is CCC(C)SCc1noc(-c2cc(N)ccc2Cl)n1. The molecule has 1 aromatic carbocycles. The molecule has 0 aliphatic carbocycles. The highest BCUT2D eigenvalue weighted by Crippen LogP contribution is 2.29. The van der Waals surface area contributed by atoms with E-state index in [0.29, 0.717) is 33.2 Å². The summed E-state index contributed by atoms with van der Waals surface area (Å²) >= 11 is 7.90. The zero-order chi connectivity index (χ0) is 13.8. The van der Waals surface area contributed by atoms with Crippen LogP contribution in [0.25, 0.3) is 11.5 Å². The lowest BCUT2D eigenvalue weighted by molar-refractivity contribution is 0.425. The van der Waals surface area contributed by atoms with Gasteiger partial charge in [0, 0.05) is 10.9 Å². The average Bonchev–Trinajstić information content (AvgIpc) is 2.87. The van der Waals surface area contributed by atoms with E-state index in [-0.39, 0.29) is 0 Å². The smallest absolute Gasteiger partial charge is 0.259 e. The molecule has 0 saturated carbocycles. The molecule has 19 heavy (non-hydrogen) atoms. The van der Waals surface area contributed by atoms with E-state index in [9.17, 15) is 0 Å². The number of benzene rings is 1. The van der Waals surface area contributed by atoms with E-state index in [2.05, 4.69) is 24.0 Å². The molecule has 102 valence electrons. The van der Waals surface area contributed by atoms with E-state index in [0.717, 1.165) is 12.2 Å². The predicted octanol–water partition coefficient (Wildman–Crippen LogP) is 4.00. The number of nitrogens with two attached hydrogens (primary N) is 1. The zero-order valence-electron chi connectivity index (χ0n) is 10.9. The Bertz CT molecular complexity index is 559. The van der Waals surface area contributed by atoms with Crippen LogP contribution < -0.4 is 5.73 Å². The summed E-state index contributed by atoms with van der Waals surface area (Å²) in [7, 11) is 0. The van der Waals surface area contributed by atoms with Crippen molar-refractivity contribution in [1.82, 2.24) is 10.1 Å². The number of thioether (sulfide) groups is 1. The Balaban J connectivity index is 2.14. The first kappa shape index (κ1) is 14.2. The molecule has 6 heteroatoms. The lowest BCUT2D eigenvalue weighted by atomic mass is 10.2. The van der Waals surface area contributed by atoms with Crippen LogP contribution >= 0.6 is 23.4 Å². The number of nitrogen functional groups attached to an aromatic ring is 1. The Morgan fingerprint density at radius 2 is 2.26 bits per heavy atom. The molecular formula is C13H16ClN3OS. The van der Waals surface area contributed by atoms with Gasteiger partial charge in [-0.1, -0.05) is 30.6 Å². The van der Waals surface area contributed by atoms with Gasteiger partial charge in [-0.05, 0) is 24.6 Å². The molecule has 0 spiro atoms. The number of hydrogen-bond donors (Lipinski definition) is 1. The second kappa shape index (κ2) is 6.30. The molecule has 0 aliphatic rings. The number of nitrogens with zero attached hydrogens (tertiary/aromatic N) is 2. The van der Waals surface area contributed by atoms with Crippen molar-refractivity contribution in [2.24, 2.45) is 0 Å². The number of aromatic nitrogens is 2. The quantitative estimate of drug-likeness (QED) is 0.845. The summed E-state index contributed by atoms with van der Waals surface area (Å²) in [6.45, 7) is 4.34. The number of hydrogen-bond acceptors (Lipinski definition) is 5. The van der Waals surface area contributed by atoms with Crippen LogP contribution in [0.3, 0.4) is 0 Å². The number of halogens is 1. The van der Waals surface area contributed by atoms with Crippen molar-refractivity contribution < 1.29 is 4.52 Å². The summed E-state index contributed by atoms with van der Waals surface area (Å²) in [5.74, 6) is 1.83. The molecule has 1 aromatic heterocycles. The lowest BCUT2D eigenvalue weighted by Crippen LogP contribution is -1.94. The van der Waals surface area contributed by atoms with E-state index in [1.54, 1.807) is 30.0 Å². The van der Waals surface area contributed by atoms with E-state index in [1.807, 2.05) is 0 Å². The first-order valence-electron chi connectivity index (χ1n) is 6.09. The van der Waals surface area contributed by atoms with Crippen molar-refractivity contribution in [2.45, 2.75) is 31.3 Å². The van der Waals surface area contributed by atoms with Crippen LogP contribution in [0.2, 0.25) is 5.02 Å². The fourth-order valence-electron chi connectivity index (χ4n) is 1.46. The van der Waals surface area contributed by atoms with Gasteiger partial charge in [-0.25, -0.2) is 0 Å². The summed E-state index contributed by atoms with van der Waals surface area (Å²) < 4.78 is 5.24. The van der Waals surface area contributed by atoms with Crippen LogP contribution in [0.5, 0.6) is 0 Å². The fraction of sp³-hybridized carbons (Fsp3) is 0.385. The molecule has 2 N–H and O–H groups in total. The minimum absolute atomic E-state index is 0.414. The Labute approximate surface area is 121 Å². The first-order valence-corrected chi connectivity index (χ1v) is 7.52. The Morgan fingerprint density at radius 3 is 3.00 bits per heavy atom. The second-order valence-electron chi connectivity index (χ2n) is 4.28. The van der Waals surface area contributed by atoms with Crippen LogP contribution in [-0.4, -0.2) is 15.4 Å². The van der Waals surface area contributed by atoms with Gasteiger partial charge in [-0.2, -0.15) is 16.7 Å². The summed E-state index contributed by atoms with van der Waals surface area (Å²) in [5.41, 5.74) is 7.03. The first-order chi connectivity index (χ1) is 9.10. The normalized spacial score (nSPS) is 12.6. The minimum atomic E-state index is 0.414. The van der Waals surface area contributed by atoms with E-state index < -0.39 is 0 Å². The van der Waals surface area contributed by atoms with Crippen molar-refractivity contribution in [3.63, 3.8) is 0 Å². The highest BCUT2D eigenvalue weighted by Gasteiger charge is 2.13. The molecule has 1 unspecified atom stereocenters. The van der Waals surface area contributed by atoms with Crippen molar-refractivity contribution in [3.05, 3.63) is 29.0 Å². The van der Waals surface area contributed by atoms with Gasteiger partial charge in [-0.15, -0.1) is 0 Å². The van der Waals surface area contributed by atoms with Gasteiger partial charge in [0.1, 0.15) is 0 Å². The molecule has 4 nitrogen and oxygen atoms in total. The Kier molecular flexibility index (Phi) is 4.71. The molecule has 0 radical (unpaired) electrons. The second-order valence-corrected chi connectivity index (χ2v) is 6.12. The van der Waals surface area contributed by atoms with Crippen molar-refractivity contribution in [1.29, 1.82) is 0 Å². The molecule has 2 aromatic rings. The summed E-state index contributed by atoms with van der Waals surface area (Å²) in [6, 6.07) is 5.20. The largest absolute Gasteiger partial charge is 0.399 e. The fourth-order valence-corrected chi connectivity index (χ4v) is 2.45. The average molecular weight is 298 g/mol. The molecule has 1 heterocycles. The Morgan fingerprint density at radius 1 is 1.47 bits per heavy atom. The third-order valence-corrected chi connectivity index (χ3v) is 4.42. The number of anilines is 1. The summed E-state index contributed by atoms with van der Waals surface area (Å²) in [4.78, 5) is 4.35. The monoisotopic (exact) mass is 297 g/mol. The van der Waals surface area contributed by atoms with Crippen molar-refractivity contribution >= 4 is 29.1 Å². The summed E-state index contributed by atoms with van der Waals surface area (Å²) in [6.07, 6.45) is 1.12. The highest BCUT2D eigenvalue weighted by molar-refractivity contribution is 7.99. The van der Waals surface area contributed by atoms with Crippen LogP contribution in [0.1, 0.15) is 26.1 Å².